The van der Waals surface area contributed by atoms with Crippen molar-refractivity contribution in [3.8, 4) is 10.6 Å². The summed E-state index contributed by atoms with van der Waals surface area (Å²) in [7, 11) is 0. The summed E-state index contributed by atoms with van der Waals surface area (Å²) >= 11 is 1.46. The zero-order valence-electron chi connectivity index (χ0n) is 17.7. The van der Waals surface area contributed by atoms with Crippen LogP contribution in [0.5, 0.6) is 0 Å². The van der Waals surface area contributed by atoms with Crippen molar-refractivity contribution in [2.24, 2.45) is 5.92 Å². The second-order valence-electron chi connectivity index (χ2n) is 7.95. The average Bonchev–Trinajstić information content (AvgIpc) is 3.14. The number of amides is 2. The Morgan fingerprint density at radius 3 is 2.94 bits per heavy atom. The van der Waals surface area contributed by atoms with Gasteiger partial charge in [0.05, 0.1) is 22.0 Å². The van der Waals surface area contributed by atoms with Crippen molar-refractivity contribution in [2.45, 2.75) is 39.5 Å². The number of aromatic nitrogens is 3. The van der Waals surface area contributed by atoms with Gasteiger partial charge in [0.1, 0.15) is 0 Å². The minimum absolute atomic E-state index is 0.130. The number of piperidine rings is 1. The predicted octanol–water partition coefficient (Wildman–Crippen LogP) is 3.13. The zero-order valence-corrected chi connectivity index (χ0v) is 18.5. The molecule has 4 rings (SSSR count). The molecule has 10 heteroatoms. The Morgan fingerprint density at radius 2 is 2.16 bits per heavy atom. The molecule has 1 aliphatic heterocycles. The van der Waals surface area contributed by atoms with Gasteiger partial charge in [-0.2, -0.15) is 0 Å². The van der Waals surface area contributed by atoms with Crippen molar-refractivity contribution in [2.75, 3.05) is 29.9 Å². The molecule has 0 spiro atoms. The third-order valence-electron chi connectivity index (χ3n) is 5.28. The van der Waals surface area contributed by atoms with Crippen molar-refractivity contribution >= 4 is 34.4 Å². The molecule has 2 amide bonds. The molecule has 1 atom stereocenters. The van der Waals surface area contributed by atoms with E-state index in [1.165, 1.54) is 18.3 Å². The van der Waals surface area contributed by atoms with Crippen LogP contribution in [0.25, 0.3) is 10.6 Å². The predicted molar refractivity (Wildman–Crippen MR) is 119 cm³/mol. The third kappa shape index (κ3) is 5.01. The molecule has 0 radical (unpaired) electrons. The summed E-state index contributed by atoms with van der Waals surface area (Å²) in [5.41, 5.74) is 2.99. The van der Waals surface area contributed by atoms with Gasteiger partial charge in [-0.05, 0) is 44.1 Å². The molecule has 0 bridgehead atoms. The monoisotopic (exact) mass is 442 g/mol. The van der Waals surface area contributed by atoms with Crippen LogP contribution < -0.4 is 15.5 Å². The van der Waals surface area contributed by atoms with Crippen molar-refractivity contribution in [1.82, 2.24) is 20.3 Å². The van der Waals surface area contributed by atoms with Crippen LogP contribution in [0.3, 0.4) is 0 Å². The lowest BCUT2D eigenvalue weighted by Crippen LogP contribution is -2.41. The van der Waals surface area contributed by atoms with Gasteiger partial charge in [-0.15, -0.1) is 0 Å². The van der Waals surface area contributed by atoms with E-state index in [-0.39, 0.29) is 11.8 Å². The Bertz CT molecular complexity index is 1020. The number of fused-ring (bicyclic) bond motifs is 3. The number of alkyl carbamates (subject to hydrolysis) is 1. The minimum atomic E-state index is -0.470. The lowest BCUT2D eigenvalue weighted by molar-refractivity contribution is -0.114. The van der Waals surface area contributed by atoms with E-state index in [1.807, 2.05) is 6.20 Å². The molecule has 31 heavy (non-hydrogen) atoms. The largest absolute Gasteiger partial charge is 0.416 e. The van der Waals surface area contributed by atoms with Gasteiger partial charge in [-0.25, -0.2) is 19.7 Å². The number of ether oxygens (including phenoxy) is 1. The lowest BCUT2D eigenvalue weighted by atomic mass is 9.98. The molecule has 1 fully saturated rings. The Hall–Kier alpha value is -3.01. The summed E-state index contributed by atoms with van der Waals surface area (Å²) in [6.45, 7) is 8.87. The van der Waals surface area contributed by atoms with Gasteiger partial charge < -0.3 is 20.3 Å². The fourth-order valence-electron chi connectivity index (χ4n) is 3.93. The van der Waals surface area contributed by atoms with Crippen LogP contribution in [-0.4, -0.2) is 46.6 Å². The number of carbonyl (C=O) groups excluding carboxylic acids is 2. The number of allylic oxidation sites excluding steroid dienone is 1. The Kier molecular flexibility index (Phi) is 6.17. The Morgan fingerprint density at radius 1 is 1.32 bits per heavy atom. The SMILES string of the molecule is C=C(C)OC(=O)NCC1CCCN(c2ncc3c(n2)-c2sc(NC(C)=O)nc2CC3)C1. The van der Waals surface area contributed by atoms with Gasteiger partial charge in [-0.3, -0.25) is 4.79 Å². The molecule has 9 nitrogen and oxygen atoms in total. The van der Waals surface area contributed by atoms with E-state index in [2.05, 4.69) is 32.1 Å². The van der Waals surface area contributed by atoms with E-state index in [4.69, 9.17) is 9.72 Å². The number of hydrogen-bond acceptors (Lipinski definition) is 8. The fraction of sp³-hybridized carbons (Fsp3) is 0.476. The van der Waals surface area contributed by atoms with Crippen LogP contribution in [0.2, 0.25) is 0 Å². The number of aryl methyl sites for hydroxylation is 2. The van der Waals surface area contributed by atoms with Crippen LogP contribution in [0.15, 0.2) is 18.5 Å². The standard InChI is InChI=1S/C21H26N6O3S/c1-12(2)30-21(29)23-9-14-5-4-8-27(11-14)19-22-10-15-6-7-16-18(17(15)26-19)31-20(25-16)24-13(3)28/h10,14H,1,4-9,11H2,2-3H3,(H,23,29)(H,24,25,28). The summed E-state index contributed by atoms with van der Waals surface area (Å²) in [4.78, 5) is 40.4. The molecule has 2 aromatic heterocycles. The number of hydrogen-bond donors (Lipinski definition) is 2. The van der Waals surface area contributed by atoms with Gasteiger partial charge in [0.15, 0.2) is 5.13 Å². The molecular formula is C21H26N6O3S. The number of nitrogens with zero attached hydrogens (tertiary/aromatic N) is 4. The highest BCUT2D eigenvalue weighted by Gasteiger charge is 2.27. The first-order valence-corrected chi connectivity index (χ1v) is 11.2. The molecule has 2 aliphatic rings. The molecule has 164 valence electrons. The highest BCUT2D eigenvalue weighted by Crippen LogP contribution is 2.39. The van der Waals surface area contributed by atoms with Crippen LogP contribution >= 0.6 is 11.3 Å². The number of rotatable bonds is 5. The molecule has 1 saturated heterocycles. The first-order valence-electron chi connectivity index (χ1n) is 10.4. The van der Waals surface area contributed by atoms with Gasteiger partial charge in [0.25, 0.3) is 0 Å². The number of thiazole rings is 1. The van der Waals surface area contributed by atoms with Gasteiger partial charge >= 0.3 is 6.09 Å². The minimum Gasteiger partial charge on any atom is -0.416 e. The van der Waals surface area contributed by atoms with Crippen LogP contribution in [-0.2, 0) is 22.4 Å². The maximum Gasteiger partial charge on any atom is 0.412 e. The second-order valence-corrected chi connectivity index (χ2v) is 8.95. The van der Waals surface area contributed by atoms with E-state index < -0.39 is 6.09 Å². The summed E-state index contributed by atoms with van der Waals surface area (Å²) in [6, 6.07) is 0. The van der Waals surface area contributed by atoms with Crippen LogP contribution in [0.1, 0.15) is 37.9 Å². The van der Waals surface area contributed by atoms with E-state index >= 15 is 0 Å². The van der Waals surface area contributed by atoms with Crippen LogP contribution in [0, 0.1) is 5.92 Å². The topological polar surface area (TPSA) is 109 Å². The van der Waals surface area contributed by atoms with Crippen molar-refractivity contribution < 1.29 is 14.3 Å². The summed E-state index contributed by atoms with van der Waals surface area (Å²) < 4.78 is 4.96. The summed E-state index contributed by atoms with van der Waals surface area (Å²) in [5.74, 6) is 1.22. The van der Waals surface area contributed by atoms with Crippen molar-refractivity contribution in [3.63, 3.8) is 0 Å². The second kappa shape index (κ2) is 9.01. The molecule has 2 aromatic rings. The van der Waals surface area contributed by atoms with Gasteiger partial charge in [0.2, 0.25) is 11.9 Å². The van der Waals surface area contributed by atoms with E-state index in [0.29, 0.717) is 23.4 Å². The van der Waals surface area contributed by atoms with E-state index in [9.17, 15) is 9.59 Å². The molecule has 0 aromatic carbocycles. The highest BCUT2D eigenvalue weighted by molar-refractivity contribution is 7.19. The number of anilines is 2. The smallest absolute Gasteiger partial charge is 0.412 e. The average molecular weight is 443 g/mol. The van der Waals surface area contributed by atoms with Gasteiger partial charge in [-0.1, -0.05) is 17.9 Å². The third-order valence-corrected chi connectivity index (χ3v) is 6.30. The first-order chi connectivity index (χ1) is 14.9. The highest BCUT2D eigenvalue weighted by atomic mass is 32.1. The molecule has 1 aliphatic carbocycles. The molecular weight excluding hydrogens is 416 g/mol. The van der Waals surface area contributed by atoms with E-state index in [1.54, 1.807) is 6.92 Å². The quantitative estimate of drug-likeness (QED) is 0.685. The number of nitrogens with one attached hydrogen (secondary N) is 2. The fourth-order valence-corrected chi connectivity index (χ4v) is 5.01. The lowest BCUT2D eigenvalue weighted by Gasteiger charge is -2.33. The maximum absolute atomic E-state index is 11.7. The first kappa shape index (κ1) is 21.2. The zero-order chi connectivity index (χ0) is 22.0. The van der Waals surface area contributed by atoms with Crippen molar-refractivity contribution in [3.05, 3.63) is 29.8 Å². The molecule has 3 heterocycles. The normalized spacial score (nSPS) is 17.4. The molecule has 1 unspecified atom stereocenters. The Labute approximate surface area is 184 Å². The number of carbonyl (C=O) groups is 2. The Balaban J connectivity index is 1.48. The summed E-state index contributed by atoms with van der Waals surface area (Å²) in [6.07, 6.45) is 5.11. The van der Waals surface area contributed by atoms with Crippen LogP contribution in [0.4, 0.5) is 15.9 Å². The molecule has 2 N–H and O–H groups in total. The van der Waals surface area contributed by atoms with Crippen molar-refractivity contribution in [1.29, 1.82) is 0 Å². The van der Waals surface area contributed by atoms with E-state index in [0.717, 1.165) is 60.6 Å². The maximum atomic E-state index is 11.7. The molecule has 0 saturated carbocycles. The summed E-state index contributed by atoms with van der Waals surface area (Å²) in [5, 5.41) is 6.19. The van der Waals surface area contributed by atoms with Gasteiger partial charge in [0, 0.05) is 32.8 Å².